The van der Waals surface area contributed by atoms with Crippen LogP contribution in [0.25, 0.3) is 0 Å². The lowest BCUT2D eigenvalue weighted by Gasteiger charge is -2.13. The maximum absolute atomic E-state index is 12.5. The summed E-state index contributed by atoms with van der Waals surface area (Å²) in [5.74, 6) is 0. The first-order chi connectivity index (χ1) is 8.66. The Morgan fingerprint density at radius 3 is 2.42 bits per heavy atom. The van der Waals surface area contributed by atoms with Gasteiger partial charge in [-0.15, -0.1) is 0 Å². The van der Waals surface area contributed by atoms with Crippen LogP contribution in [0.15, 0.2) is 23.1 Å². The van der Waals surface area contributed by atoms with Gasteiger partial charge >= 0.3 is 6.18 Å². The third-order valence-electron chi connectivity index (χ3n) is 2.27. The molecule has 108 valence electrons. The van der Waals surface area contributed by atoms with Crippen molar-refractivity contribution in [1.29, 1.82) is 0 Å². The number of halogens is 3. The number of primary sulfonamides is 1. The smallest absolute Gasteiger partial charge is 0.396 e. The highest BCUT2D eigenvalue weighted by Gasteiger charge is 2.32. The van der Waals surface area contributed by atoms with Gasteiger partial charge in [-0.05, 0) is 24.6 Å². The van der Waals surface area contributed by atoms with Crippen molar-refractivity contribution in [3.8, 4) is 0 Å². The predicted octanol–water partition coefficient (Wildman–Crippen LogP) is 1.15. The zero-order valence-electron chi connectivity index (χ0n) is 9.74. The van der Waals surface area contributed by atoms with Crippen LogP contribution in [-0.4, -0.2) is 26.7 Å². The first-order valence-electron chi connectivity index (χ1n) is 5.25. The van der Waals surface area contributed by atoms with Crippen LogP contribution in [0, 0.1) is 0 Å². The average molecular weight is 298 g/mol. The molecule has 0 aliphatic heterocycles. The molecule has 5 nitrogen and oxygen atoms in total. The number of aliphatic hydroxyl groups excluding tert-OH is 1. The predicted molar refractivity (Wildman–Crippen MR) is 63.0 cm³/mol. The zero-order valence-corrected chi connectivity index (χ0v) is 10.6. The SMILES string of the molecule is NS(=O)(=O)c1cc(C(F)(F)F)ccc1NCCCO. The molecule has 0 saturated carbocycles. The largest absolute Gasteiger partial charge is 0.416 e. The summed E-state index contributed by atoms with van der Waals surface area (Å²) in [6.07, 6.45) is -4.33. The van der Waals surface area contributed by atoms with Crippen molar-refractivity contribution in [3.63, 3.8) is 0 Å². The third kappa shape index (κ3) is 4.37. The fourth-order valence-electron chi connectivity index (χ4n) is 1.38. The molecule has 0 heterocycles. The summed E-state index contributed by atoms with van der Waals surface area (Å²) >= 11 is 0. The summed E-state index contributed by atoms with van der Waals surface area (Å²) in [4.78, 5) is -0.625. The van der Waals surface area contributed by atoms with Gasteiger partial charge in [0.15, 0.2) is 0 Å². The molecule has 0 bridgehead atoms. The molecule has 0 unspecified atom stereocenters. The van der Waals surface area contributed by atoms with Gasteiger partial charge in [0, 0.05) is 13.2 Å². The van der Waals surface area contributed by atoms with E-state index < -0.39 is 26.7 Å². The van der Waals surface area contributed by atoms with Gasteiger partial charge in [-0.2, -0.15) is 13.2 Å². The standard InChI is InChI=1S/C10H13F3N2O3S/c11-10(12,13)7-2-3-8(15-4-1-5-16)9(6-7)19(14,17)18/h2-3,6,15-16H,1,4-5H2,(H2,14,17,18). The monoisotopic (exact) mass is 298 g/mol. The highest BCUT2D eigenvalue weighted by atomic mass is 32.2. The molecular weight excluding hydrogens is 285 g/mol. The maximum Gasteiger partial charge on any atom is 0.416 e. The van der Waals surface area contributed by atoms with Crippen molar-refractivity contribution in [2.75, 3.05) is 18.5 Å². The van der Waals surface area contributed by atoms with Crippen molar-refractivity contribution >= 4 is 15.7 Å². The Bertz CT molecular complexity index is 543. The van der Waals surface area contributed by atoms with Crippen molar-refractivity contribution in [1.82, 2.24) is 0 Å². The molecule has 0 amide bonds. The van der Waals surface area contributed by atoms with Crippen LogP contribution in [0.2, 0.25) is 0 Å². The van der Waals surface area contributed by atoms with E-state index in [9.17, 15) is 21.6 Å². The second-order valence-corrected chi connectivity index (χ2v) is 5.29. The van der Waals surface area contributed by atoms with Gasteiger partial charge in [-0.1, -0.05) is 0 Å². The lowest BCUT2D eigenvalue weighted by Crippen LogP contribution is -2.17. The molecule has 19 heavy (non-hydrogen) atoms. The second kappa shape index (κ2) is 5.76. The zero-order chi connectivity index (χ0) is 14.7. The number of sulfonamides is 1. The Kier molecular flexibility index (Phi) is 4.77. The van der Waals surface area contributed by atoms with Crippen LogP contribution in [0.4, 0.5) is 18.9 Å². The van der Waals surface area contributed by atoms with Gasteiger partial charge in [0.05, 0.1) is 11.3 Å². The number of nitrogens with one attached hydrogen (secondary N) is 1. The van der Waals surface area contributed by atoms with Crippen molar-refractivity contribution in [2.24, 2.45) is 5.14 Å². The summed E-state index contributed by atoms with van der Waals surface area (Å²) < 4.78 is 60.1. The molecule has 1 aromatic carbocycles. The number of nitrogens with two attached hydrogens (primary N) is 1. The van der Waals surface area contributed by atoms with E-state index in [0.29, 0.717) is 12.5 Å². The van der Waals surface area contributed by atoms with Gasteiger partial charge in [-0.3, -0.25) is 0 Å². The molecule has 1 rings (SSSR count). The number of aliphatic hydroxyl groups is 1. The molecule has 0 atom stereocenters. The Hall–Kier alpha value is -1.32. The Labute approximate surface area is 108 Å². The molecular formula is C10H13F3N2O3S. The second-order valence-electron chi connectivity index (χ2n) is 3.76. The highest BCUT2D eigenvalue weighted by Crippen LogP contribution is 2.33. The van der Waals surface area contributed by atoms with Crippen LogP contribution in [-0.2, 0) is 16.2 Å². The number of hydrogen-bond donors (Lipinski definition) is 3. The van der Waals surface area contributed by atoms with Crippen LogP contribution in [0.3, 0.4) is 0 Å². The maximum atomic E-state index is 12.5. The lowest BCUT2D eigenvalue weighted by molar-refractivity contribution is -0.137. The topological polar surface area (TPSA) is 92.4 Å². The Morgan fingerprint density at radius 2 is 1.95 bits per heavy atom. The average Bonchev–Trinajstić information content (AvgIpc) is 2.27. The fraction of sp³-hybridized carbons (Fsp3) is 0.400. The number of hydrogen-bond acceptors (Lipinski definition) is 4. The van der Waals surface area contributed by atoms with Crippen LogP contribution in [0.5, 0.6) is 0 Å². The van der Waals surface area contributed by atoms with Crippen molar-refractivity contribution in [3.05, 3.63) is 23.8 Å². The first-order valence-corrected chi connectivity index (χ1v) is 6.79. The van der Waals surface area contributed by atoms with Crippen LogP contribution >= 0.6 is 0 Å². The molecule has 0 aliphatic carbocycles. The normalized spacial score (nSPS) is 12.5. The molecule has 0 saturated heterocycles. The minimum absolute atomic E-state index is 0.0241. The molecule has 4 N–H and O–H groups in total. The fourth-order valence-corrected chi connectivity index (χ4v) is 2.12. The molecule has 0 radical (unpaired) electrons. The molecule has 1 aromatic rings. The van der Waals surface area contributed by atoms with E-state index in [1.807, 2.05) is 0 Å². The van der Waals surface area contributed by atoms with Crippen molar-refractivity contribution < 1.29 is 26.7 Å². The summed E-state index contributed by atoms with van der Waals surface area (Å²) in [6, 6.07) is 2.24. The molecule has 0 aliphatic rings. The van der Waals surface area contributed by atoms with Gasteiger partial charge < -0.3 is 10.4 Å². The quantitative estimate of drug-likeness (QED) is 0.711. The molecule has 0 aromatic heterocycles. The van der Waals surface area contributed by atoms with Crippen molar-refractivity contribution in [2.45, 2.75) is 17.5 Å². The van der Waals surface area contributed by atoms with Gasteiger partial charge in [0.2, 0.25) is 10.0 Å². The number of alkyl halides is 3. The van der Waals surface area contributed by atoms with E-state index in [2.05, 4.69) is 5.32 Å². The molecule has 0 fully saturated rings. The van der Waals surface area contributed by atoms with E-state index in [1.165, 1.54) is 0 Å². The molecule has 0 spiro atoms. The number of rotatable bonds is 5. The highest BCUT2D eigenvalue weighted by molar-refractivity contribution is 7.89. The van der Waals surface area contributed by atoms with E-state index in [-0.39, 0.29) is 18.8 Å². The van der Waals surface area contributed by atoms with Crippen LogP contribution < -0.4 is 10.5 Å². The summed E-state index contributed by atoms with van der Waals surface area (Å²) in [7, 11) is -4.28. The van der Waals surface area contributed by atoms with Crippen LogP contribution in [0.1, 0.15) is 12.0 Å². The van der Waals surface area contributed by atoms with E-state index in [1.54, 1.807) is 0 Å². The summed E-state index contributed by atoms with van der Waals surface area (Å²) in [5.41, 5.74) is -1.12. The summed E-state index contributed by atoms with van der Waals surface area (Å²) in [5, 5.41) is 16.1. The summed E-state index contributed by atoms with van der Waals surface area (Å²) in [6.45, 7) is 0.0860. The van der Waals surface area contributed by atoms with E-state index in [0.717, 1.165) is 12.1 Å². The van der Waals surface area contributed by atoms with E-state index >= 15 is 0 Å². The Balaban J connectivity index is 3.19. The minimum atomic E-state index is -4.65. The number of anilines is 1. The third-order valence-corrected chi connectivity index (χ3v) is 3.22. The van der Waals surface area contributed by atoms with Gasteiger partial charge in [0.1, 0.15) is 4.90 Å². The Morgan fingerprint density at radius 1 is 1.32 bits per heavy atom. The van der Waals surface area contributed by atoms with E-state index in [4.69, 9.17) is 10.2 Å². The molecule has 9 heteroatoms. The first kappa shape index (κ1) is 15.7. The lowest BCUT2D eigenvalue weighted by atomic mass is 10.2. The van der Waals surface area contributed by atoms with Gasteiger partial charge in [0.25, 0.3) is 0 Å². The van der Waals surface area contributed by atoms with Gasteiger partial charge in [-0.25, -0.2) is 13.6 Å². The number of benzene rings is 1. The minimum Gasteiger partial charge on any atom is -0.396 e.